The Labute approximate surface area is 161 Å². The van der Waals surface area contributed by atoms with E-state index in [9.17, 15) is 9.59 Å². The monoisotopic (exact) mass is 390 g/mol. The first kappa shape index (κ1) is 19.2. The summed E-state index contributed by atoms with van der Waals surface area (Å²) in [5.74, 6) is 1.11. The number of aromatic nitrogens is 2. The SMILES string of the molecule is COc1ccc(Cc2nnc(SCC(=O)N(C)CC(=O)NC3CC3)o2)cc1. The molecule has 2 aromatic rings. The number of benzene rings is 1. The van der Waals surface area contributed by atoms with E-state index in [1.54, 1.807) is 14.2 Å². The Morgan fingerprint density at radius 3 is 2.70 bits per heavy atom. The van der Waals surface area contributed by atoms with Crippen LogP contribution >= 0.6 is 11.8 Å². The normalized spacial score (nSPS) is 13.3. The average Bonchev–Trinajstić information content (AvgIpc) is 3.36. The number of hydrogen-bond donors (Lipinski definition) is 1. The Kier molecular flexibility index (Phi) is 6.33. The molecule has 0 unspecified atom stereocenters. The predicted molar refractivity (Wildman–Crippen MR) is 99.6 cm³/mol. The van der Waals surface area contributed by atoms with Crippen LogP contribution in [0.4, 0.5) is 0 Å². The molecule has 1 fully saturated rings. The summed E-state index contributed by atoms with van der Waals surface area (Å²) in [6, 6.07) is 7.89. The lowest BCUT2D eigenvalue weighted by Gasteiger charge is -2.15. The lowest BCUT2D eigenvalue weighted by molar-refractivity contribution is -0.132. The molecule has 0 spiro atoms. The number of amides is 2. The van der Waals surface area contributed by atoms with Crippen molar-refractivity contribution in [3.8, 4) is 5.75 Å². The second-order valence-corrected chi connectivity index (χ2v) is 7.29. The Hall–Kier alpha value is -2.55. The Bertz CT molecular complexity index is 789. The molecule has 8 nitrogen and oxygen atoms in total. The summed E-state index contributed by atoms with van der Waals surface area (Å²) < 4.78 is 10.7. The smallest absolute Gasteiger partial charge is 0.277 e. The van der Waals surface area contributed by atoms with Crippen LogP contribution in [0.15, 0.2) is 33.9 Å². The summed E-state index contributed by atoms with van der Waals surface area (Å²) in [6.45, 7) is 0.0580. The maximum atomic E-state index is 12.1. The van der Waals surface area contributed by atoms with E-state index in [1.807, 2.05) is 24.3 Å². The van der Waals surface area contributed by atoms with Crippen LogP contribution in [-0.4, -0.2) is 59.4 Å². The van der Waals surface area contributed by atoms with Gasteiger partial charge in [-0.2, -0.15) is 0 Å². The van der Waals surface area contributed by atoms with Crippen molar-refractivity contribution in [2.45, 2.75) is 30.5 Å². The third-order valence-electron chi connectivity index (χ3n) is 4.03. The topological polar surface area (TPSA) is 97.6 Å². The van der Waals surface area contributed by atoms with Gasteiger partial charge in [0.25, 0.3) is 5.22 Å². The minimum Gasteiger partial charge on any atom is -0.497 e. The number of carbonyl (C=O) groups is 2. The van der Waals surface area contributed by atoms with Gasteiger partial charge in [0, 0.05) is 13.1 Å². The van der Waals surface area contributed by atoms with Gasteiger partial charge in [-0.25, -0.2) is 0 Å². The molecule has 0 atom stereocenters. The summed E-state index contributed by atoms with van der Waals surface area (Å²) in [4.78, 5) is 25.3. The lowest BCUT2D eigenvalue weighted by Crippen LogP contribution is -2.39. The number of nitrogens with zero attached hydrogens (tertiary/aromatic N) is 3. The zero-order valence-electron chi connectivity index (χ0n) is 15.3. The zero-order chi connectivity index (χ0) is 19.2. The molecule has 1 aliphatic carbocycles. The van der Waals surface area contributed by atoms with Crippen LogP contribution in [0.5, 0.6) is 5.75 Å². The van der Waals surface area contributed by atoms with Crippen molar-refractivity contribution in [1.29, 1.82) is 0 Å². The zero-order valence-corrected chi connectivity index (χ0v) is 16.1. The van der Waals surface area contributed by atoms with Crippen molar-refractivity contribution in [1.82, 2.24) is 20.4 Å². The molecule has 1 heterocycles. The van der Waals surface area contributed by atoms with E-state index in [0.717, 1.165) is 35.9 Å². The molecule has 1 saturated carbocycles. The lowest BCUT2D eigenvalue weighted by atomic mass is 10.1. The van der Waals surface area contributed by atoms with E-state index in [4.69, 9.17) is 9.15 Å². The summed E-state index contributed by atoms with van der Waals surface area (Å²) >= 11 is 1.16. The maximum Gasteiger partial charge on any atom is 0.277 e. The van der Waals surface area contributed by atoms with Crippen LogP contribution < -0.4 is 10.1 Å². The van der Waals surface area contributed by atoms with Crippen molar-refractivity contribution >= 4 is 23.6 Å². The Morgan fingerprint density at radius 1 is 1.30 bits per heavy atom. The molecule has 3 rings (SSSR count). The Morgan fingerprint density at radius 2 is 2.04 bits per heavy atom. The molecule has 2 amide bonds. The summed E-state index contributed by atoms with van der Waals surface area (Å²) in [7, 11) is 3.23. The van der Waals surface area contributed by atoms with Gasteiger partial charge in [0.1, 0.15) is 5.75 Å². The summed E-state index contributed by atoms with van der Waals surface area (Å²) in [6.07, 6.45) is 2.55. The van der Waals surface area contributed by atoms with Crippen molar-refractivity contribution in [3.05, 3.63) is 35.7 Å². The maximum absolute atomic E-state index is 12.1. The second kappa shape index (κ2) is 8.90. The molecule has 9 heteroatoms. The molecule has 0 bridgehead atoms. The van der Waals surface area contributed by atoms with Crippen LogP contribution in [0.25, 0.3) is 0 Å². The molecule has 27 heavy (non-hydrogen) atoms. The van der Waals surface area contributed by atoms with Gasteiger partial charge in [0.05, 0.1) is 25.8 Å². The van der Waals surface area contributed by atoms with E-state index in [-0.39, 0.29) is 30.2 Å². The molecular weight excluding hydrogens is 368 g/mol. The van der Waals surface area contributed by atoms with E-state index in [2.05, 4.69) is 15.5 Å². The van der Waals surface area contributed by atoms with Gasteiger partial charge in [0.15, 0.2) is 0 Å². The minimum absolute atomic E-state index is 0.0580. The van der Waals surface area contributed by atoms with Crippen LogP contribution in [0.1, 0.15) is 24.3 Å². The quantitative estimate of drug-likeness (QED) is 0.648. The molecule has 1 aromatic carbocycles. The molecule has 0 radical (unpaired) electrons. The van der Waals surface area contributed by atoms with Crippen LogP contribution in [0, 0.1) is 0 Å². The fourth-order valence-electron chi connectivity index (χ4n) is 2.32. The van der Waals surface area contributed by atoms with Gasteiger partial charge in [0.2, 0.25) is 17.7 Å². The van der Waals surface area contributed by atoms with Crippen LogP contribution in [-0.2, 0) is 16.0 Å². The van der Waals surface area contributed by atoms with Gasteiger partial charge in [-0.3, -0.25) is 9.59 Å². The molecule has 1 aliphatic rings. The van der Waals surface area contributed by atoms with Crippen LogP contribution in [0.3, 0.4) is 0 Å². The largest absolute Gasteiger partial charge is 0.497 e. The van der Waals surface area contributed by atoms with Crippen LogP contribution in [0.2, 0.25) is 0 Å². The van der Waals surface area contributed by atoms with E-state index >= 15 is 0 Å². The highest BCUT2D eigenvalue weighted by atomic mass is 32.2. The number of thioether (sulfide) groups is 1. The molecule has 0 saturated heterocycles. The predicted octanol–water partition coefficient (Wildman–Crippen LogP) is 1.50. The first-order chi connectivity index (χ1) is 13.0. The molecule has 1 N–H and O–H groups in total. The summed E-state index contributed by atoms with van der Waals surface area (Å²) in [5, 5.41) is 11.2. The van der Waals surface area contributed by atoms with E-state index in [0.29, 0.717) is 17.5 Å². The first-order valence-corrected chi connectivity index (χ1v) is 9.63. The molecule has 144 valence electrons. The molecule has 0 aliphatic heterocycles. The Balaban J connectivity index is 1.43. The third kappa shape index (κ3) is 5.99. The summed E-state index contributed by atoms with van der Waals surface area (Å²) in [5.41, 5.74) is 1.02. The van der Waals surface area contributed by atoms with Gasteiger partial charge >= 0.3 is 0 Å². The van der Waals surface area contributed by atoms with E-state index < -0.39 is 0 Å². The van der Waals surface area contributed by atoms with Crippen molar-refractivity contribution in [2.75, 3.05) is 26.5 Å². The highest BCUT2D eigenvalue weighted by molar-refractivity contribution is 7.99. The number of hydrogen-bond acceptors (Lipinski definition) is 7. The van der Waals surface area contributed by atoms with Gasteiger partial charge in [-0.15, -0.1) is 10.2 Å². The fraction of sp³-hybridized carbons (Fsp3) is 0.444. The highest BCUT2D eigenvalue weighted by Gasteiger charge is 2.24. The molecular formula is C18H22N4O4S. The second-order valence-electron chi connectivity index (χ2n) is 6.37. The number of rotatable bonds is 9. The third-order valence-corrected chi connectivity index (χ3v) is 4.83. The number of ether oxygens (including phenoxy) is 1. The van der Waals surface area contributed by atoms with Gasteiger partial charge in [-0.05, 0) is 30.5 Å². The van der Waals surface area contributed by atoms with Gasteiger partial charge in [-0.1, -0.05) is 23.9 Å². The highest BCUT2D eigenvalue weighted by Crippen LogP contribution is 2.20. The standard InChI is InChI=1S/C18H22N4O4S/c1-22(10-15(23)19-13-5-6-13)17(24)11-27-18-21-20-16(26-18)9-12-3-7-14(25-2)8-4-12/h3-4,7-8,13H,5-6,9-11H2,1-2H3,(H,19,23). The van der Waals surface area contributed by atoms with E-state index in [1.165, 1.54) is 4.90 Å². The average molecular weight is 390 g/mol. The fourth-order valence-corrected chi connectivity index (χ4v) is 3.05. The molecule has 1 aromatic heterocycles. The number of carbonyl (C=O) groups excluding carboxylic acids is 2. The minimum atomic E-state index is -0.166. The van der Waals surface area contributed by atoms with Crippen molar-refractivity contribution < 1.29 is 18.7 Å². The van der Waals surface area contributed by atoms with Gasteiger partial charge < -0.3 is 19.4 Å². The first-order valence-electron chi connectivity index (χ1n) is 8.65. The number of likely N-dealkylation sites (N-methyl/N-ethyl adjacent to an activating group) is 1. The number of methoxy groups -OCH3 is 1. The van der Waals surface area contributed by atoms with Crippen molar-refractivity contribution in [3.63, 3.8) is 0 Å². The number of nitrogens with one attached hydrogen (secondary N) is 1. The van der Waals surface area contributed by atoms with Crippen molar-refractivity contribution in [2.24, 2.45) is 0 Å².